The molecule has 55 heavy (non-hydrogen) atoms. The molecule has 2 aliphatic rings. The fraction of sp³-hybridized carbons (Fsp3) is 0.225. The van der Waals surface area contributed by atoms with Gasteiger partial charge in [0, 0.05) is 31.0 Å². The SMILES string of the molecule is COc1ccc(CN(Cc2ccc(OC)cc2)c2cc(C)c(C(F)(F)F)c(-c3c(F)c4c5c(c3Cl)=NCNC=5N(C(C)c3cccnc3N)C=CO4)n2)cc1. The number of pyridine rings is 2. The van der Waals surface area contributed by atoms with Crippen LogP contribution in [0.25, 0.3) is 17.1 Å². The smallest absolute Gasteiger partial charge is 0.418 e. The zero-order chi connectivity index (χ0) is 39.0. The number of alkyl halides is 3. The minimum absolute atomic E-state index is 0.0116. The minimum Gasteiger partial charge on any atom is -0.497 e. The molecule has 0 spiro atoms. The second-order valence-electron chi connectivity index (χ2n) is 12.9. The van der Waals surface area contributed by atoms with Crippen molar-refractivity contribution in [2.75, 3.05) is 31.5 Å². The molecule has 0 bridgehead atoms. The van der Waals surface area contributed by atoms with Crippen LogP contribution in [0, 0.1) is 12.7 Å². The number of hydrogen-bond acceptors (Lipinski definition) is 10. The normalized spacial score (nSPS) is 13.9. The van der Waals surface area contributed by atoms with Gasteiger partial charge in [-0.1, -0.05) is 41.9 Å². The van der Waals surface area contributed by atoms with Gasteiger partial charge in [-0.15, -0.1) is 0 Å². The van der Waals surface area contributed by atoms with E-state index in [1.165, 1.54) is 19.3 Å². The Labute approximate surface area is 319 Å². The average molecular weight is 774 g/mol. The van der Waals surface area contributed by atoms with Crippen LogP contribution in [0.5, 0.6) is 17.2 Å². The third kappa shape index (κ3) is 7.17. The predicted molar refractivity (Wildman–Crippen MR) is 201 cm³/mol. The summed E-state index contributed by atoms with van der Waals surface area (Å²) in [4.78, 5) is 16.9. The molecular weight excluding hydrogens is 738 g/mol. The first kappa shape index (κ1) is 37.3. The first-order chi connectivity index (χ1) is 26.4. The fourth-order valence-electron chi connectivity index (χ4n) is 6.82. The summed E-state index contributed by atoms with van der Waals surface area (Å²) in [6.07, 6.45) is -0.549. The van der Waals surface area contributed by atoms with Crippen molar-refractivity contribution in [3.63, 3.8) is 0 Å². The number of ether oxygens (including phenoxy) is 3. The molecule has 7 rings (SSSR count). The lowest BCUT2D eigenvalue weighted by Crippen LogP contribution is -2.45. The van der Waals surface area contributed by atoms with Crippen molar-refractivity contribution in [1.82, 2.24) is 20.2 Å². The second-order valence-corrected chi connectivity index (χ2v) is 13.3. The van der Waals surface area contributed by atoms with Gasteiger partial charge in [0.25, 0.3) is 0 Å². The standard InChI is InChI=1S/C40H36ClF4N7O3/c1-22-18-29(51(19-24-7-11-26(53-3)12-8-24)20-25-9-13-27(54-4)14-10-25)50-35(32(22)40(43,44)45)30-33(41)36-31-37(34(30)42)55-17-16-52(39(31)49-21-48-36)23(2)28-6-5-15-47-38(28)46/h5-18,23,49H,19-21H2,1-4H3,(H2,46,47). The lowest BCUT2D eigenvalue weighted by atomic mass is 9.98. The molecule has 3 N–H and O–H groups in total. The summed E-state index contributed by atoms with van der Waals surface area (Å²) in [6.45, 7) is 3.65. The van der Waals surface area contributed by atoms with Crippen LogP contribution in [0.15, 0.2) is 90.4 Å². The van der Waals surface area contributed by atoms with Gasteiger partial charge in [0.2, 0.25) is 0 Å². The molecule has 0 aliphatic carbocycles. The van der Waals surface area contributed by atoms with E-state index < -0.39 is 34.9 Å². The maximum Gasteiger partial charge on any atom is 0.418 e. The van der Waals surface area contributed by atoms with Gasteiger partial charge in [0.1, 0.15) is 41.9 Å². The van der Waals surface area contributed by atoms with Gasteiger partial charge < -0.3 is 35.1 Å². The number of anilines is 2. The molecule has 4 heterocycles. The van der Waals surface area contributed by atoms with Gasteiger partial charge in [0.15, 0.2) is 11.6 Å². The monoisotopic (exact) mass is 773 g/mol. The van der Waals surface area contributed by atoms with Crippen molar-refractivity contribution in [2.45, 2.75) is 39.2 Å². The van der Waals surface area contributed by atoms with Gasteiger partial charge >= 0.3 is 6.18 Å². The molecule has 2 aromatic heterocycles. The van der Waals surface area contributed by atoms with Crippen molar-refractivity contribution in [1.29, 1.82) is 0 Å². The van der Waals surface area contributed by atoms with Crippen molar-refractivity contribution in [2.24, 2.45) is 4.99 Å². The number of rotatable bonds is 10. The van der Waals surface area contributed by atoms with Gasteiger partial charge in [0.05, 0.1) is 52.7 Å². The first-order valence-corrected chi connectivity index (χ1v) is 17.5. The van der Waals surface area contributed by atoms with E-state index in [-0.39, 0.29) is 52.5 Å². The summed E-state index contributed by atoms with van der Waals surface area (Å²) in [5.41, 5.74) is 5.93. The Kier molecular flexibility index (Phi) is 10.2. The Bertz CT molecular complexity index is 2360. The molecule has 0 saturated heterocycles. The number of nitrogens with zero attached hydrogens (tertiary/aromatic N) is 5. The first-order valence-electron chi connectivity index (χ1n) is 17.1. The van der Waals surface area contributed by atoms with Crippen molar-refractivity contribution >= 4 is 29.1 Å². The summed E-state index contributed by atoms with van der Waals surface area (Å²) in [5.74, 6) is 0.616. The van der Waals surface area contributed by atoms with E-state index in [0.717, 1.165) is 11.1 Å². The summed E-state index contributed by atoms with van der Waals surface area (Å²) in [7, 11) is 3.11. The molecule has 0 amide bonds. The summed E-state index contributed by atoms with van der Waals surface area (Å²) in [6, 6.07) is 19.0. The van der Waals surface area contributed by atoms with Crippen molar-refractivity contribution in [3.8, 4) is 28.5 Å². The molecule has 284 valence electrons. The zero-order valence-corrected chi connectivity index (χ0v) is 31.0. The third-order valence-electron chi connectivity index (χ3n) is 9.55. The molecule has 0 saturated carbocycles. The van der Waals surface area contributed by atoms with Crippen LogP contribution in [-0.2, 0) is 19.3 Å². The number of aryl methyl sites for hydroxylation is 1. The molecule has 5 aromatic rings. The zero-order valence-electron chi connectivity index (χ0n) is 30.2. The molecule has 10 nitrogen and oxygen atoms in total. The number of nitrogen functional groups attached to an aromatic ring is 1. The largest absolute Gasteiger partial charge is 0.497 e. The van der Waals surface area contributed by atoms with E-state index in [9.17, 15) is 0 Å². The highest BCUT2D eigenvalue weighted by atomic mass is 35.5. The Morgan fingerprint density at radius 2 is 1.65 bits per heavy atom. The van der Waals surface area contributed by atoms with Crippen LogP contribution in [0.2, 0.25) is 5.02 Å². The van der Waals surface area contributed by atoms with Crippen molar-refractivity contribution in [3.05, 3.63) is 135 Å². The molecule has 3 aromatic carbocycles. The van der Waals surface area contributed by atoms with E-state index in [0.29, 0.717) is 28.7 Å². The second kappa shape index (κ2) is 15.0. The number of aromatic nitrogens is 2. The summed E-state index contributed by atoms with van der Waals surface area (Å²) < 4.78 is 78.9. The molecule has 0 fully saturated rings. The molecule has 1 unspecified atom stereocenters. The van der Waals surface area contributed by atoms with Crippen molar-refractivity contribution < 1.29 is 31.8 Å². The van der Waals surface area contributed by atoms with E-state index in [2.05, 4.69) is 20.3 Å². The average Bonchev–Trinajstić information content (AvgIpc) is 3.37. The van der Waals surface area contributed by atoms with Crippen LogP contribution in [0.1, 0.15) is 40.8 Å². The molecule has 15 heteroatoms. The molecule has 0 radical (unpaired) electrons. The van der Waals surface area contributed by atoms with Crippen LogP contribution < -0.4 is 40.7 Å². The minimum atomic E-state index is -4.94. The highest BCUT2D eigenvalue weighted by Gasteiger charge is 2.40. The lowest BCUT2D eigenvalue weighted by Gasteiger charge is -2.31. The topological polar surface area (TPSA) is 110 Å². The number of nitrogens with one attached hydrogen (secondary N) is 1. The molecule has 2 aliphatic heterocycles. The number of methoxy groups -OCH3 is 2. The number of halogens is 5. The predicted octanol–water partition coefficient (Wildman–Crippen LogP) is 7.24. The van der Waals surface area contributed by atoms with E-state index in [1.54, 1.807) is 61.8 Å². The summed E-state index contributed by atoms with van der Waals surface area (Å²) >= 11 is 6.99. The fourth-order valence-corrected chi connectivity index (χ4v) is 7.14. The van der Waals surface area contributed by atoms with Gasteiger partial charge in [-0.05, 0) is 66.9 Å². The highest BCUT2D eigenvalue weighted by Crippen LogP contribution is 2.44. The number of hydrogen-bond donors (Lipinski definition) is 2. The Morgan fingerprint density at radius 1 is 1.02 bits per heavy atom. The third-order valence-corrected chi connectivity index (χ3v) is 9.92. The Balaban J connectivity index is 1.43. The van der Waals surface area contributed by atoms with E-state index in [1.807, 2.05) is 42.2 Å². The van der Waals surface area contributed by atoms with Crippen LogP contribution >= 0.6 is 11.6 Å². The molecule has 1 atom stereocenters. The summed E-state index contributed by atoms with van der Waals surface area (Å²) in [5, 5.41) is 3.00. The highest BCUT2D eigenvalue weighted by molar-refractivity contribution is 6.33. The Morgan fingerprint density at radius 3 is 2.24 bits per heavy atom. The van der Waals surface area contributed by atoms with Crippen LogP contribution in [-0.4, -0.2) is 35.8 Å². The van der Waals surface area contributed by atoms with E-state index >= 15 is 17.6 Å². The maximum absolute atomic E-state index is 17.2. The number of benzene rings is 3. The van der Waals surface area contributed by atoms with Gasteiger partial charge in [-0.3, -0.25) is 4.99 Å². The lowest BCUT2D eigenvalue weighted by molar-refractivity contribution is -0.137. The van der Waals surface area contributed by atoms with E-state index in [4.69, 9.17) is 31.5 Å². The molecular formula is C40H36ClF4N7O3. The Hall–Kier alpha value is -6.02. The van der Waals surface area contributed by atoms with Gasteiger partial charge in [-0.25, -0.2) is 14.4 Å². The number of nitrogens with two attached hydrogens (primary N) is 1. The van der Waals surface area contributed by atoms with Gasteiger partial charge in [-0.2, -0.15) is 13.2 Å². The van der Waals surface area contributed by atoms with Crippen LogP contribution in [0.3, 0.4) is 0 Å². The quantitative estimate of drug-likeness (QED) is 0.142. The van der Waals surface area contributed by atoms with Crippen LogP contribution in [0.4, 0.5) is 29.2 Å². The maximum atomic E-state index is 17.2.